The van der Waals surface area contributed by atoms with Crippen LogP contribution in [0.25, 0.3) is 0 Å². The van der Waals surface area contributed by atoms with Gasteiger partial charge in [0.1, 0.15) is 12.4 Å². The fourth-order valence-electron chi connectivity index (χ4n) is 1.76. The molecule has 0 aliphatic carbocycles. The lowest BCUT2D eigenvalue weighted by Gasteiger charge is -2.11. The van der Waals surface area contributed by atoms with Gasteiger partial charge in [0, 0.05) is 18.8 Å². The zero-order chi connectivity index (χ0) is 13.5. The van der Waals surface area contributed by atoms with Crippen molar-refractivity contribution in [3.8, 4) is 5.75 Å². The van der Waals surface area contributed by atoms with Crippen LogP contribution in [0.4, 0.5) is 0 Å². The molecule has 0 saturated carbocycles. The van der Waals surface area contributed by atoms with Crippen molar-refractivity contribution in [2.75, 3.05) is 6.54 Å². The first-order chi connectivity index (χ1) is 9.29. The maximum absolute atomic E-state index is 5.87. The average Bonchev–Trinajstić information content (AvgIpc) is 2.44. The summed E-state index contributed by atoms with van der Waals surface area (Å²) in [6.45, 7) is 4.41. The molecule has 0 aliphatic heterocycles. The van der Waals surface area contributed by atoms with Crippen LogP contribution in [-0.2, 0) is 13.2 Å². The summed E-state index contributed by atoms with van der Waals surface area (Å²) in [6, 6.07) is 10.0. The Morgan fingerprint density at radius 3 is 2.74 bits per heavy atom. The number of hydrogen-bond donors (Lipinski definition) is 1. The van der Waals surface area contributed by atoms with Crippen LogP contribution in [0, 0.1) is 0 Å². The van der Waals surface area contributed by atoms with Crippen LogP contribution in [-0.4, -0.2) is 11.5 Å². The van der Waals surface area contributed by atoms with E-state index >= 15 is 0 Å². The molecule has 0 fully saturated rings. The minimum absolute atomic E-state index is 0.517. The Morgan fingerprint density at radius 2 is 2.00 bits per heavy atom. The van der Waals surface area contributed by atoms with Gasteiger partial charge in [-0.3, -0.25) is 4.98 Å². The van der Waals surface area contributed by atoms with E-state index in [1.165, 1.54) is 11.1 Å². The topological polar surface area (TPSA) is 34.1 Å². The molecule has 100 valence electrons. The molecule has 1 aromatic heterocycles. The van der Waals surface area contributed by atoms with E-state index in [9.17, 15) is 0 Å². The molecular weight excluding hydrogens is 260 g/mol. The molecule has 2 rings (SSSR count). The number of nitrogens with one attached hydrogen (secondary N) is 1. The highest BCUT2D eigenvalue weighted by Crippen LogP contribution is 2.17. The summed E-state index contributed by atoms with van der Waals surface area (Å²) in [5.41, 5.74) is 2.42. The van der Waals surface area contributed by atoms with Gasteiger partial charge in [-0.25, -0.2) is 0 Å². The minimum Gasteiger partial charge on any atom is -0.487 e. The number of halogens is 1. The first-order valence-corrected chi connectivity index (χ1v) is 6.68. The van der Waals surface area contributed by atoms with Crippen molar-refractivity contribution in [3.63, 3.8) is 0 Å². The predicted octanol–water partition coefficient (Wildman–Crippen LogP) is 3.42. The molecule has 1 N–H and O–H groups in total. The molecule has 0 unspecified atom stereocenters. The summed E-state index contributed by atoms with van der Waals surface area (Å²) in [5.74, 6) is 0.686. The van der Waals surface area contributed by atoms with Crippen LogP contribution in [0.3, 0.4) is 0 Å². The lowest BCUT2D eigenvalue weighted by Crippen LogP contribution is -2.13. The fraction of sp³-hybridized carbons (Fsp3) is 0.267. The standard InChI is InChI=1S/C15H17ClN2O/c1-2-17-8-12-5-3-4-6-13(12)11-19-15-7-14(16)9-18-10-15/h3-7,9-10,17H,2,8,11H2,1H3. The summed E-state index contributed by atoms with van der Waals surface area (Å²) >= 11 is 5.87. The summed E-state index contributed by atoms with van der Waals surface area (Å²) in [4.78, 5) is 4.00. The Kier molecular flexibility index (Phi) is 5.19. The Labute approximate surface area is 118 Å². The molecule has 4 heteroatoms. The second-order valence-corrected chi connectivity index (χ2v) is 4.61. The van der Waals surface area contributed by atoms with E-state index in [4.69, 9.17) is 16.3 Å². The van der Waals surface area contributed by atoms with Gasteiger partial charge in [0.05, 0.1) is 11.2 Å². The Morgan fingerprint density at radius 1 is 1.21 bits per heavy atom. The number of pyridine rings is 1. The van der Waals surface area contributed by atoms with Crippen LogP contribution >= 0.6 is 11.6 Å². The first-order valence-electron chi connectivity index (χ1n) is 6.30. The number of aromatic nitrogens is 1. The van der Waals surface area contributed by atoms with Gasteiger partial charge in [0.2, 0.25) is 0 Å². The molecule has 3 nitrogen and oxygen atoms in total. The first kappa shape index (κ1) is 13.8. The molecule has 2 aromatic rings. The highest BCUT2D eigenvalue weighted by molar-refractivity contribution is 6.30. The average molecular weight is 277 g/mol. The van der Waals surface area contributed by atoms with E-state index in [1.54, 1.807) is 18.5 Å². The van der Waals surface area contributed by atoms with Gasteiger partial charge in [-0.05, 0) is 17.7 Å². The van der Waals surface area contributed by atoms with Gasteiger partial charge in [0.15, 0.2) is 0 Å². The lowest BCUT2D eigenvalue weighted by atomic mass is 10.1. The monoisotopic (exact) mass is 276 g/mol. The maximum atomic E-state index is 5.87. The zero-order valence-electron chi connectivity index (χ0n) is 10.9. The van der Waals surface area contributed by atoms with Crippen LogP contribution in [0.5, 0.6) is 5.75 Å². The molecule has 0 bridgehead atoms. The second kappa shape index (κ2) is 7.12. The molecule has 0 atom stereocenters. The SMILES string of the molecule is CCNCc1ccccc1COc1cncc(Cl)c1. The molecule has 0 saturated heterocycles. The van der Waals surface area contributed by atoms with Gasteiger partial charge in [-0.1, -0.05) is 42.8 Å². The number of ether oxygens (including phenoxy) is 1. The molecule has 1 aromatic carbocycles. The predicted molar refractivity (Wildman–Crippen MR) is 77.4 cm³/mol. The van der Waals surface area contributed by atoms with Crippen LogP contribution in [0.1, 0.15) is 18.1 Å². The van der Waals surface area contributed by atoms with Crippen LogP contribution in [0.2, 0.25) is 5.02 Å². The second-order valence-electron chi connectivity index (χ2n) is 4.18. The van der Waals surface area contributed by atoms with Gasteiger partial charge in [-0.2, -0.15) is 0 Å². The zero-order valence-corrected chi connectivity index (χ0v) is 11.7. The van der Waals surface area contributed by atoms with Crippen molar-refractivity contribution in [1.29, 1.82) is 0 Å². The summed E-state index contributed by atoms with van der Waals surface area (Å²) in [7, 11) is 0. The van der Waals surface area contributed by atoms with Crippen molar-refractivity contribution in [3.05, 3.63) is 58.9 Å². The highest BCUT2D eigenvalue weighted by Gasteiger charge is 2.03. The van der Waals surface area contributed by atoms with E-state index in [2.05, 4.69) is 29.4 Å². The normalized spacial score (nSPS) is 10.4. The van der Waals surface area contributed by atoms with Gasteiger partial charge >= 0.3 is 0 Å². The quantitative estimate of drug-likeness (QED) is 0.878. The Hall–Kier alpha value is -1.58. The molecular formula is C15H17ClN2O. The van der Waals surface area contributed by atoms with Gasteiger partial charge < -0.3 is 10.1 Å². The van der Waals surface area contributed by atoms with E-state index in [0.717, 1.165) is 13.1 Å². The van der Waals surface area contributed by atoms with Crippen molar-refractivity contribution < 1.29 is 4.74 Å². The number of hydrogen-bond acceptors (Lipinski definition) is 3. The number of rotatable bonds is 6. The van der Waals surface area contributed by atoms with Crippen molar-refractivity contribution >= 4 is 11.6 Å². The molecule has 19 heavy (non-hydrogen) atoms. The third-order valence-electron chi connectivity index (χ3n) is 2.76. The van der Waals surface area contributed by atoms with Gasteiger partial charge in [0.25, 0.3) is 0 Å². The van der Waals surface area contributed by atoms with Crippen molar-refractivity contribution in [2.45, 2.75) is 20.1 Å². The highest BCUT2D eigenvalue weighted by atomic mass is 35.5. The minimum atomic E-state index is 0.517. The van der Waals surface area contributed by atoms with Crippen LogP contribution < -0.4 is 10.1 Å². The molecule has 0 radical (unpaired) electrons. The third kappa shape index (κ3) is 4.23. The van der Waals surface area contributed by atoms with E-state index in [0.29, 0.717) is 17.4 Å². The Bertz CT molecular complexity index is 531. The van der Waals surface area contributed by atoms with E-state index in [1.807, 2.05) is 12.1 Å². The number of nitrogens with zero attached hydrogens (tertiary/aromatic N) is 1. The summed E-state index contributed by atoms with van der Waals surface area (Å²) in [5, 5.41) is 3.91. The largest absolute Gasteiger partial charge is 0.487 e. The van der Waals surface area contributed by atoms with E-state index in [-0.39, 0.29) is 0 Å². The fourth-order valence-corrected chi connectivity index (χ4v) is 1.93. The molecule has 0 aliphatic rings. The molecule has 1 heterocycles. The summed E-state index contributed by atoms with van der Waals surface area (Å²) in [6.07, 6.45) is 3.26. The lowest BCUT2D eigenvalue weighted by molar-refractivity contribution is 0.303. The van der Waals surface area contributed by atoms with Crippen molar-refractivity contribution in [1.82, 2.24) is 10.3 Å². The molecule has 0 spiro atoms. The van der Waals surface area contributed by atoms with Crippen molar-refractivity contribution in [2.24, 2.45) is 0 Å². The Balaban J connectivity index is 2.02. The summed E-state index contributed by atoms with van der Waals surface area (Å²) < 4.78 is 5.72. The van der Waals surface area contributed by atoms with E-state index < -0.39 is 0 Å². The molecule has 0 amide bonds. The van der Waals surface area contributed by atoms with Crippen LogP contribution in [0.15, 0.2) is 42.7 Å². The smallest absolute Gasteiger partial charge is 0.139 e. The maximum Gasteiger partial charge on any atom is 0.139 e. The number of benzene rings is 1. The van der Waals surface area contributed by atoms with Gasteiger partial charge in [-0.15, -0.1) is 0 Å². The third-order valence-corrected chi connectivity index (χ3v) is 2.96.